The largest absolute Gasteiger partial charge is 0.586 e. The summed E-state index contributed by atoms with van der Waals surface area (Å²) in [4.78, 5) is 25.8. The molecule has 0 spiro atoms. The van der Waals surface area contributed by atoms with Crippen LogP contribution in [-0.4, -0.2) is 45.7 Å². The summed E-state index contributed by atoms with van der Waals surface area (Å²) in [6.07, 6.45) is -7.97. The summed E-state index contributed by atoms with van der Waals surface area (Å²) in [5.41, 5.74) is -2.75. The Balaban J connectivity index is 1.27. The minimum atomic E-state index is -4.88. The number of aromatic nitrogens is 2. The first-order valence-corrected chi connectivity index (χ1v) is 12.5. The molecule has 3 aromatic rings. The molecule has 9 nitrogen and oxygen atoms in total. The summed E-state index contributed by atoms with van der Waals surface area (Å²) < 4.78 is 83.5. The van der Waals surface area contributed by atoms with Crippen LogP contribution in [0.4, 0.5) is 27.6 Å². The molecule has 0 atom stereocenters. The molecule has 7 rings (SSSR count). The van der Waals surface area contributed by atoms with E-state index in [1.165, 1.54) is 49.5 Å². The van der Waals surface area contributed by atoms with Gasteiger partial charge in [0.1, 0.15) is 0 Å². The smallest absolute Gasteiger partial charge is 0.481 e. The Labute approximate surface area is 232 Å². The van der Waals surface area contributed by atoms with Gasteiger partial charge in [-0.05, 0) is 49.6 Å². The topological polar surface area (TPSA) is 103 Å². The quantitative estimate of drug-likeness (QED) is 0.349. The van der Waals surface area contributed by atoms with Crippen LogP contribution in [0.5, 0.6) is 11.5 Å². The van der Waals surface area contributed by atoms with Crippen LogP contribution >= 0.6 is 11.6 Å². The van der Waals surface area contributed by atoms with Gasteiger partial charge < -0.3 is 24.2 Å². The van der Waals surface area contributed by atoms with Gasteiger partial charge in [0.15, 0.2) is 17.2 Å². The summed E-state index contributed by atoms with van der Waals surface area (Å²) in [7, 11) is 1.38. The van der Waals surface area contributed by atoms with Gasteiger partial charge in [0, 0.05) is 24.4 Å². The first-order chi connectivity index (χ1) is 19.1. The van der Waals surface area contributed by atoms with E-state index in [2.05, 4.69) is 14.6 Å². The average molecular weight is 600 g/mol. The highest BCUT2D eigenvalue weighted by molar-refractivity contribution is 6.32. The van der Waals surface area contributed by atoms with Crippen molar-refractivity contribution >= 4 is 29.2 Å². The van der Waals surface area contributed by atoms with Gasteiger partial charge in [-0.15, -0.1) is 8.78 Å². The number of fused-ring (bicyclic) bond motifs is 1. The number of carboxylic acid groups (broad SMARTS) is 1. The lowest BCUT2D eigenvalue weighted by molar-refractivity contribution is -0.286. The highest BCUT2D eigenvalue weighted by atomic mass is 35.5. The van der Waals surface area contributed by atoms with E-state index in [9.17, 15) is 36.6 Å². The van der Waals surface area contributed by atoms with Gasteiger partial charge >= 0.3 is 18.4 Å². The van der Waals surface area contributed by atoms with Crippen molar-refractivity contribution in [1.29, 1.82) is 0 Å². The molecule has 41 heavy (non-hydrogen) atoms. The van der Waals surface area contributed by atoms with Crippen LogP contribution in [-0.2, 0) is 22.3 Å². The van der Waals surface area contributed by atoms with Gasteiger partial charge in [0.25, 0.3) is 5.91 Å². The van der Waals surface area contributed by atoms with Crippen molar-refractivity contribution in [3.8, 4) is 17.2 Å². The molecule has 0 unspecified atom stereocenters. The van der Waals surface area contributed by atoms with E-state index in [4.69, 9.17) is 16.3 Å². The van der Waals surface area contributed by atoms with Gasteiger partial charge in [0.05, 0.1) is 34.0 Å². The van der Waals surface area contributed by atoms with E-state index in [-0.39, 0.29) is 60.0 Å². The maximum absolute atomic E-state index is 13.7. The Morgan fingerprint density at radius 3 is 2.46 bits per heavy atom. The molecule has 0 radical (unpaired) electrons. The summed E-state index contributed by atoms with van der Waals surface area (Å²) in [5.74, 6) is -2.02. The number of nitrogens with zero attached hydrogens (tertiary/aromatic N) is 3. The zero-order chi connectivity index (χ0) is 29.5. The van der Waals surface area contributed by atoms with Crippen molar-refractivity contribution in [1.82, 2.24) is 9.78 Å². The fourth-order valence-corrected chi connectivity index (χ4v) is 5.76. The van der Waals surface area contributed by atoms with Crippen molar-refractivity contribution in [2.24, 2.45) is 5.41 Å². The first-order valence-electron chi connectivity index (χ1n) is 12.1. The number of alkyl halides is 5. The highest BCUT2D eigenvalue weighted by Gasteiger charge is 2.73. The number of halogens is 6. The van der Waals surface area contributed by atoms with E-state index in [1.54, 1.807) is 0 Å². The fourth-order valence-electron chi connectivity index (χ4n) is 5.48. The number of benzene rings is 2. The van der Waals surface area contributed by atoms with Gasteiger partial charge in [-0.25, -0.2) is 4.68 Å². The number of hydrogen-bond donors (Lipinski definition) is 1. The molecule has 2 bridgehead atoms. The van der Waals surface area contributed by atoms with Gasteiger partial charge in [-0.3, -0.25) is 9.59 Å². The Bertz CT molecular complexity index is 1590. The Hall–Kier alpha value is -3.91. The van der Waals surface area contributed by atoms with E-state index in [0.29, 0.717) is 0 Å². The molecule has 216 valence electrons. The van der Waals surface area contributed by atoms with Crippen molar-refractivity contribution in [3.63, 3.8) is 0 Å². The maximum atomic E-state index is 13.7. The Kier molecular flexibility index (Phi) is 5.85. The molecule has 3 fully saturated rings. The van der Waals surface area contributed by atoms with Crippen LogP contribution in [0.2, 0.25) is 5.02 Å². The molecule has 1 aromatic heterocycles. The predicted molar refractivity (Wildman–Crippen MR) is 130 cm³/mol. The number of carboxylic acids is 1. The predicted octanol–water partition coefficient (Wildman–Crippen LogP) is 5.67. The third-order valence-corrected chi connectivity index (χ3v) is 7.95. The highest BCUT2D eigenvalue weighted by Crippen LogP contribution is 2.69. The van der Waals surface area contributed by atoms with Crippen LogP contribution in [0.15, 0.2) is 42.5 Å². The van der Waals surface area contributed by atoms with Crippen LogP contribution in [0.3, 0.4) is 0 Å². The van der Waals surface area contributed by atoms with Gasteiger partial charge in [-0.1, -0.05) is 17.7 Å². The van der Waals surface area contributed by atoms with E-state index >= 15 is 0 Å². The van der Waals surface area contributed by atoms with Crippen molar-refractivity contribution in [2.75, 3.05) is 11.9 Å². The number of ether oxygens (including phenoxy) is 3. The number of aliphatic carboxylic acids is 1. The third kappa shape index (κ3) is 4.45. The Morgan fingerprint density at radius 2 is 1.80 bits per heavy atom. The second kappa shape index (κ2) is 8.79. The summed E-state index contributed by atoms with van der Waals surface area (Å²) in [6, 6.07) is 9.34. The third-order valence-electron chi connectivity index (χ3n) is 7.55. The van der Waals surface area contributed by atoms with Crippen molar-refractivity contribution < 1.29 is 50.9 Å². The van der Waals surface area contributed by atoms with E-state index in [0.717, 1.165) is 9.58 Å². The zero-order valence-corrected chi connectivity index (χ0v) is 21.7. The molecule has 3 aliphatic carbocycles. The van der Waals surface area contributed by atoms with E-state index < -0.39 is 46.1 Å². The average Bonchev–Trinajstić information content (AvgIpc) is 3.35. The zero-order valence-electron chi connectivity index (χ0n) is 21.0. The summed E-state index contributed by atoms with van der Waals surface area (Å²) >= 11 is 6.12. The van der Waals surface area contributed by atoms with Crippen LogP contribution in [0.1, 0.15) is 41.0 Å². The second-order valence-corrected chi connectivity index (χ2v) is 10.7. The molecule has 1 aliphatic heterocycles. The number of anilines is 1. The Morgan fingerprint density at radius 1 is 1.12 bits per heavy atom. The standard InChI is InChI=1S/C26H19ClF5N3O6/c1-34(14-5-6-17-18(8-14)41-26(31,32)40-17)21(36)13-3-2-4-15(7-13)35-16(19(27)20(33-35)25(28,29)30)9-39-24-10-23(11-24,12-24)22(37)38/h2-8H,9-12H2,1H3,(H,37,38). The summed E-state index contributed by atoms with van der Waals surface area (Å²) in [6.45, 7) is -0.377. The monoisotopic (exact) mass is 599 g/mol. The van der Waals surface area contributed by atoms with E-state index in [1.807, 2.05) is 0 Å². The molecule has 0 saturated heterocycles. The molecule has 2 heterocycles. The van der Waals surface area contributed by atoms with Crippen molar-refractivity contribution in [2.45, 2.75) is 43.9 Å². The molecular weight excluding hydrogens is 581 g/mol. The lowest BCUT2D eigenvalue weighted by atomic mass is 9.41. The van der Waals surface area contributed by atoms with Crippen molar-refractivity contribution in [3.05, 3.63) is 64.4 Å². The molecule has 15 heteroatoms. The van der Waals surface area contributed by atoms with Crippen LogP contribution < -0.4 is 14.4 Å². The first kappa shape index (κ1) is 27.3. The van der Waals surface area contributed by atoms with Crippen LogP contribution in [0.25, 0.3) is 5.69 Å². The summed E-state index contributed by atoms with van der Waals surface area (Å²) in [5, 5.41) is 12.3. The molecular formula is C26H19ClF5N3O6. The van der Waals surface area contributed by atoms with Gasteiger partial charge in [0.2, 0.25) is 0 Å². The van der Waals surface area contributed by atoms with Gasteiger partial charge in [-0.2, -0.15) is 18.3 Å². The molecule has 2 aromatic carbocycles. The van der Waals surface area contributed by atoms with Crippen LogP contribution in [0, 0.1) is 5.41 Å². The number of rotatable bonds is 7. The number of carbonyl (C=O) groups is 2. The number of hydrogen-bond acceptors (Lipinski definition) is 6. The lowest BCUT2D eigenvalue weighted by Crippen LogP contribution is -2.71. The normalized spacial score (nSPS) is 23.5. The minimum Gasteiger partial charge on any atom is -0.481 e. The second-order valence-electron chi connectivity index (χ2n) is 10.3. The SMILES string of the molecule is CN(C(=O)c1cccc(-n2nc(C(F)(F)F)c(Cl)c2COC23CC(C(=O)O)(C2)C3)c1)c1ccc2c(c1)OC(F)(F)O2. The molecule has 4 aliphatic rings. The maximum Gasteiger partial charge on any atom is 0.586 e. The number of carbonyl (C=O) groups excluding carboxylic acids is 1. The molecule has 3 saturated carbocycles. The minimum absolute atomic E-state index is 0.0443. The fraction of sp³-hybridized carbons (Fsp3) is 0.346. The molecule has 1 amide bonds. The number of amides is 1. The lowest BCUT2D eigenvalue weighted by Gasteiger charge is -2.67. The molecule has 1 N–H and O–H groups in total.